The minimum Gasteiger partial charge on any atom is -0.491 e. The molecular weight excluding hydrogens is 320 g/mol. The highest BCUT2D eigenvalue weighted by atomic mass is 16.5. The van der Waals surface area contributed by atoms with E-state index in [0.717, 1.165) is 24.2 Å². The lowest BCUT2D eigenvalue weighted by molar-refractivity contribution is -0.134. The van der Waals surface area contributed by atoms with Gasteiger partial charge in [0.15, 0.2) is 0 Å². The number of hydrogen-bond donors (Lipinski definition) is 1. The molecule has 0 aromatic heterocycles. The van der Waals surface area contributed by atoms with E-state index in [4.69, 9.17) is 9.47 Å². The Balaban J connectivity index is 1.73. The first-order valence-electron chi connectivity index (χ1n) is 8.91. The van der Waals surface area contributed by atoms with Crippen LogP contribution in [0.5, 0.6) is 5.75 Å². The summed E-state index contributed by atoms with van der Waals surface area (Å²) in [5.74, 6) is 1.35. The van der Waals surface area contributed by atoms with Crippen molar-refractivity contribution in [3.63, 3.8) is 0 Å². The average Bonchev–Trinajstić information content (AvgIpc) is 3.42. The maximum Gasteiger partial charge on any atom is 0.251 e. The van der Waals surface area contributed by atoms with Crippen molar-refractivity contribution in [2.24, 2.45) is 5.92 Å². The highest BCUT2D eigenvalue weighted by molar-refractivity contribution is 5.94. The van der Waals surface area contributed by atoms with Crippen LogP contribution in [0.3, 0.4) is 0 Å². The van der Waals surface area contributed by atoms with Gasteiger partial charge in [-0.15, -0.1) is 0 Å². The van der Waals surface area contributed by atoms with Crippen molar-refractivity contribution in [1.29, 1.82) is 0 Å². The van der Waals surface area contributed by atoms with Gasteiger partial charge in [-0.25, -0.2) is 0 Å². The standard InChI is InChI=1S/C19H26N2O4/c1-13-12-25-17-6-5-15(19(23)20-7-8-24-2)10-16(17)11-21(13)18(22)9-14-3-4-14/h5-6,10,13-14H,3-4,7-9,11-12H2,1-2H3,(H,20,23)/t13-/m0/s1. The number of amides is 2. The summed E-state index contributed by atoms with van der Waals surface area (Å²) in [6.45, 7) is 3.91. The number of fused-ring (bicyclic) bond motifs is 1. The van der Waals surface area contributed by atoms with Crippen LogP contribution >= 0.6 is 0 Å². The topological polar surface area (TPSA) is 67.9 Å². The summed E-state index contributed by atoms with van der Waals surface area (Å²) >= 11 is 0. The fourth-order valence-electron chi connectivity index (χ4n) is 3.01. The number of carbonyl (C=O) groups is 2. The minimum atomic E-state index is -0.145. The highest BCUT2D eigenvalue weighted by Gasteiger charge is 2.31. The molecule has 1 aromatic rings. The summed E-state index contributed by atoms with van der Waals surface area (Å²) in [4.78, 5) is 26.7. The molecule has 1 aromatic carbocycles. The van der Waals surface area contributed by atoms with Crippen LogP contribution in [0.15, 0.2) is 18.2 Å². The van der Waals surface area contributed by atoms with Crippen LogP contribution in [-0.2, 0) is 16.1 Å². The van der Waals surface area contributed by atoms with E-state index >= 15 is 0 Å². The molecule has 6 heteroatoms. The molecule has 3 rings (SSSR count). The van der Waals surface area contributed by atoms with Crippen molar-refractivity contribution >= 4 is 11.8 Å². The molecule has 0 radical (unpaired) electrons. The molecule has 0 spiro atoms. The van der Waals surface area contributed by atoms with Crippen LogP contribution in [-0.4, -0.2) is 49.6 Å². The van der Waals surface area contributed by atoms with E-state index in [0.29, 0.717) is 44.2 Å². The smallest absolute Gasteiger partial charge is 0.251 e. The van der Waals surface area contributed by atoms with Gasteiger partial charge in [-0.3, -0.25) is 9.59 Å². The molecule has 25 heavy (non-hydrogen) atoms. The van der Waals surface area contributed by atoms with Gasteiger partial charge >= 0.3 is 0 Å². The number of rotatable bonds is 6. The monoisotopic (exact) mass is 346 g/mol. The first kappa shape index (κ1) is 17.7. The minimum absolute atomic E-state index is 0.0256. The van der Waals surface area contributed by atoms with Crippen LogP contribution in [0.1, 0.15) is 42.1 Å². The van der Waals surface area contributed by atoms with Gasteiger partial charge < -0.3 is 19.7 Å². The Labute approximate surface area is 148 Å². The number of methoxy groups -OCH3 is 1. The predicted octanol–water partition coefficient (Wildman–Crippen LogP) is 1.97. The summed E-state index contributed by atoms with van der Waals surface area (Å²) in [6.07, 6.45) is 2.94. The zero-order valence-corrected chi connectivity index (χ0v) is 14.9. The predicted molar refractivity (Wildman–Crippen MR) is 93.5 cm³/mol. The average molecular weight is 346 g/mol. The molecule has 1 saturated carbocycles. The highest BCUT2D eigenvalue weighted by Crippen LogP contribution is 2.34. The summed E-state index contributed by atoms with van der Waals surface area (Å²) in [5, 5.41) is 2.81. The number of nitrogens with one attached hydrogen (secondary N) is 1. The van der Waals surface area contributed by atoms with Gasteiger partial charge in [-0.2, -0.15) is 0 Å². The second-order valence-electron chi connectivity index (χ2n) is 6.90. The lowest BCUT2D eigenvalue weighted by atomic mass is 10.1. The Kier molecular flexibility index (Phi) is 5.58. The van der Waals surface area contributed by atoms with Crippen molar-refractivity contribution in [1.82, 2.24) is 10.2 Å². The van der Waals surface area contributed by atoms with Crippen molar-refractivity contribution in [2.45, 2.75) is 38.8 Å². The number of ether oxygens (including phenoxy) is 2. The van der Waals surface area contributed by atoms with Gasteiger partial charge in [0.25, 0.3) is 5.91 Å². The van der Waals surface area contributed by atoms with E-state index in [-0.39, 0.29) is 17.9 Å². The number of benzene rings is 1. The van der Waals surface area contributed by atoms with E-state index in [1.54, 1.807) is 13.2 Å². The van der Waals surface area contributed by atoms with E-state index in [1.165, 1.54) is 0 Å². The first-order valence-corrected chi connectivity index (χ1v) is 8.91. The Morgan fingerprint density at radius 1 is 1.36 bits per heavy atom. The lowest BCUT2D eigenvalue weighted by Gasteiger charge is -2.26. The van der Waals surface area contributed by atoms with Crippen molar-refractivity contribution < 1.29 is 19.1 Å². The molecule has 1 fully saturated rings. The molecule has 1 heterocycles. The van der Waals surface area contributed by atoms with Gasteiger partial charge in [-0.05, 0) is 43.9 Å². The summed E-state index contributed by atoms with van der Waals surface area (Å²) < 4.78 is 10.8. The van der Waals surface area contributed by atoms with Gasteiger partial charge in [-0.1, -0.05) is 0 Å². The van der Waals surface area contributed by atoms with Crippen LogP contribution in [0.2, 0.25) is 0 Å². The zero-order chi connectivity index (χ0) is 17.8. The normalized spacial score (nSPS) is 19.6. The summed E-state index contributed by atoms with van der Waals surface area (Å²) in [6, 6.07) is 5.43. The van der Waals surface area contributed by atoms with E-state index in [1.807, 2.05) is 24.0 Å². The second kappa shape index (κ2) is 7.87. The summed E-state index contributed by atoms with van der Waals surface area (Å²) in [5.41, 5.74) is 1.45. The van der Waals surface area contributed by atoms with E-state index in [2.05, 4.69) is 5.32 Å². The molecule has 1 N–H and O–H groups in total. The molecule has 0 bridgehead atoms. The van der Waals surface area contributed by atoms with Crippen LogP contribution < -0.4 is 10.1 Å². The van der Waals surface area contributed by atoms with Crippen molar-refractivity contribution in [3.05, 3.63) is 29.3 Å². The van der Waals surface area contributed by atoms with Crippen LogP contribution in [0.4, 0.5) is 0 Å². The second-order valence-corrected chi connectivity index (χ2v) is 6.90. The Bertz CT molecular complexity index is 642. The first-order chi connectivity index (χ1) is 12.1. The maximum atomic E-state index is 12.6. The molecular formula is C19H26N2O4. The molecule has 6 nitrogen and oxygen atoms in total. The van der Waals surface area contributed by atoms with E-state index < -0.39 is 0 Å². The van der Waals surface area contributed by atoms with Crippen LogP contribution in [0, 0.1) is 5.92 Å². The Hall–Kier alpha value is -2.08. The quantitative estimate of drug-likeness (QED) is 0.800. The summed E-state index contributed by atoms with van der Waals surface area (Å²) in [7, 11) is 1.60. The molecule has 0 saturated heterocycles. The van der Waals surface area contributed by atoms with Gasteiger partial charge in [0.05, 0.1) is 12.6 Å². The third kappa shape index (κ3) is 4.51. The lowest BCUT2D eigenvalue weighted by Crippen LogP contribution is -2.40. The maximum absolute atomic E-state index is 12.6. The molecule has 1 aliphatic carbocycles. The third-order valence-corrected chi connectivity index (χ3v) is 4.75. The van der Waals surface area contributed by atoms with Crippen LogP contribution in [0.25, 0.3) is 0 Å². The Morgan fingerprint density at radius 2 is 2.16 bits per heavy atom. The Morgan fingerprint density at radius 3 is 2.88 bits per heavy atom. The van der Waals surface area contributed by atoms with Gasteiger partial charge in [0, 0.05) is 37.7 Å². The van der Waals surface area contributed by atoms with E-state index in [9.17, 15) is 9.59 Å². The van der Waals surface area contributed by atoms with Crippen molar-refractivity contribution in [3.8, 4) is 5.75 Å². The number of carbonyl (C=O) groups excluding carboxylic acids is 2. The molecule has 0 unspecified atom stereocenters. The molecule has 1 atom stereocenters. The SMILES string of the molecule is COCCNC(=O)c1ccc2c(c1)CN(C(=O)CC1CC1)[C@@H](C)CO2. The largest absolute Gasteiger partial charge is 0.491 e. The molecule has 2 amide bonds. The number of nitrogens with zero attached hydrogens (tertiary/aromatic N) is 1. The fourth-order valence-corrected chi connectivity index (χ4v) is 3.01. The van der Waals surface area contributed by atoms with Crippen molar-refractivity contribution in [2.75, 3.05) is 26.9 Å². The van der Waals surface area contributed by atoms with Gasteiger partial charge in [0.1, 0.15) is 12.4 Å². The molecule has 136 valence electrons. The fraction of sp³-hybridized carbons (Fsp3) is 0.579. The molecule has 1 aliphatic heterocycles. The zero-order valence-electron chi connectivity index (χ0n) is 14.9. The van der Waals surface area contributed by atoms with Gasteiger partial charge in [0.2, 0.25) is 5.91 Å². The number of hydrogen-bond acceptors (Lipinski definition) is 4. The third-order valence-electron chi connectivity index (χ3n) is 4.75. The molecule has 2 aliphatic rings.